The van der Waals surface area contributed by atoms with Crippen LogP contribution in [0.3, 0.4) is 0 Å². The molecule has 0 fully saturated rings. The molecule has 0 bridgehead atoms. The first-order chi connectivity index (χ1) is 7.72. The van der Waals surface area contributed by atoms with Gasteiger partial charge in [-0.2, -0.15) is 8.75 Å². The van der Waals surface area contributed by atoms with Crippen LogP contribution in [0.25, 0.3) is 0 Å². The minimum atomic E-state index is -0.959. The van der Waals surface area contributed by atoms with Gasteiger partial charge in [-0.25, -0.2) is 4.39 Å². The third-order valence-electron chi connectivity index (χ3n) is 2.15. The van der Waals surface area contributed by atoms with Gasteiger partial charge in [-0.05, 0) is 17.7 Å². The minimum Gasteiger partial charge on any atom is -0.494 e. The van der Waals surface area contributed by atoms with Crippen LogP contribution in [0.5, 0.6) is 5.75 Å². The predicted molar refractivity (Wildman–Crippen MR) is 56.9 cm³/mol. The Morgan fingerprint density at radius 3 is 2.88 bits per heavy atom. The zero-order valence-corrected chi connectivity index (χ0v) is 9.24. The van der Waals surface area contributed by atoms with E-state index in [-0.39, 0.29) is 5.75 Å². The molecule has 1 unspecified atom stereocenters. The van der Waals surface area contributed by atoms with Crippen molar-refractivity contribution in [2.24, 2.45) is 0 Å². The second-order valence-corrected chi connectivity index (χ2v) is 3.69. The normalized spacial score (nSPS) is 12.4. The first-order valence-electron chi connectivity index (χ1n) is 4.51. The van der Waals surface area contributed by atoms with Crippen molar-refractivity contribution in [2.75, 3.05) is 7.11 Å². The lowest BCUT2D eigenvalue weighted by Crippen LogP contribution is -2.01. The van der Waals surface area contributed by atoms with E-state index in [4.69, 9.17) is 4.74 Å². The Bertz CT molecular complexity index is 476. The zero-order chi connectivity index (χ0) is 11.5. The van der Waals surface area contributed by atoms with Crippen molar-refractivity contribution in [1.29, 1.82) is 0 Å². The molecule has 1 heterocycles. The Labute approximate surface area is 95.7 Å². The van der Waals surface area contributed by atoms with Crippen LogP contribution < -0.4 is 4.74 Å². The van der Waals surface area contributed by atoms with E-state index in [0.29, 0.717) is 11.3 Å². The molecule has 0 saturated carbocycles. The summed E-state index contributed by atoms with van der Waals surface area (Å²) in [7, 11) is 1.39. The maximum atomic E-state index is 13.4. The van der Waals surface area contributed by atoms with Crippen molar-refractivity contribution in [3.05, 3.63) is 41.5 Å². The van der Waals surface area contributed by atoms with Crippen LogP contribution in [0.4, 0.5) is 4.39 Å². The van der Waals surface area contributed by atoms with E-state index in [0.717, 1.165) is 11.7 Å². The Hall–Kier alpha value is -1.53. The minimum absolute atomic E-state index is 0.146. The lowest BCUT2D eigenvalue weighted by Gasteiger charge is -2.09. The molecule has 1 atom stereocenters. The molecule has 0 saturated heterocycles. The summed E-state index contributed by atoms with van der Waals surface area (Å²) in [5.41, 5.74) is 0.834. The maximum Gasteiger partial charge on any atom is 0.165 e. The number of ether oxygens (including phenoxy) is 1. The second kappa shape index (κ2) is 4.54. The SMILES string of the molecule is COc1ccc(C(O)c2cnsn2)cc1F. The highest BCUT2D eigenvalue weighted by Crippen LogP contribution is 2.25. The number of halogens is 1. The highest BCUT2D eigenvalue weighted by atomic mass is 32.1. The van der Waals surface area contributed by atoms with Gasteiger partial charge in [0.1, 0.15) is 11.8 Å². The highest BCUT2D eigenvalue weighted by Gasteiger charge is 2.15. The van der Waals surface area contributed by atoms with Gasteiger partial charge >= 0.3 is 0 Å². The molecular weight excluding hydrogens is 231 g/mol. The maximum absolute atomic E-state index is 13.4. The third kappa shape index (κ3) is 2.02. The van der Waals surface area contributed by atoms with E-state index in [9.17, 15) is 9.50 Å². The largest absolute Gasteiger partial charge is 0.494 e. The quantitative estimate of drug-likeness (QED) is 0.888. The number of aromatic nitrogens is 2. The number of hydrogen-bond acceptors (Lipinski definition) is 5. The summed E-state index contributed by atoms with van der Waals surface area (Å²) in [5, 5.41) is 9.87. The van der Waals surface area contributed by atoms with Crippen LogP contribution >= 0.6 is 11.7 Å². The van der Waals surface area contributed by atoms with Crippen molar-refractivity contribution < 1.29 is 14.2 Å². The molecule has 84 valence electrons. The Balaban J connectivity index is 2.31. The average molecular weight is 240 g/mol. The van der Waals surface area contributed by atoms with Crippen LogP contribution in [-0.4, -0.2) is 21.0 Å². The van der Waals surface area contributed by atoms with Gasteiger partial charge in [0.2, 0.25) is 0 Å². The topological polar surface area (TPSA) is 55.2 Å². The predicted octanol–water partition coefficient (Wildman–Crippen LogP) is 1.77. The van der Waals surface area contributed by atoms with Gasteiger partial charge in [-0.3, -0.25) is 0 Å². The van der Waals surface area contributed by atoms with Crippen LogP contribution in [0.2, 0.25) is 0 Å². The first-order valence-corrected chi connectivity index (χ1v) is 5.24. The Morgan fingerprint density at radius 2 is 2.31 bits per heavy atom. The molecule has 0 radical (unpaired) electrons. The summed E-state index contributed by atoms with van der Waals surface area (Å²) in [6, 6.07) is 4.28. The fraction of sp³-hybridized carbons (Fsp3) is 0.200. The van der Waals surface area contributed by atoms with E-state index >= 15 is 0 Å². The Kier molecular flexibility index (Phi) is 3.12. The molecule has 2 aromatic rings. The van der Waals surface area contributed by atoms with E-state index in [1.54, 1.807) is 6.07 Å². The molecule has 0 aliphatic heterocycles. The number of aliphatic hydroxyl groups excluding tert-OH is 1. The van der Waals surface area contributed by atoms with Gasteiger partial charge in [-0.15, -0.1) is 0 Å². The standard InChI is InChI=1S/C10H9FN2O2S/c1-15-9-3-2-6(4-7(9)11)10(14)8-5-12-16-13-8/h2-5,10,14H,1H3. The number of benzene rings is 1. The molecule has 0 aliphatic carbocycles. The summed E-state index contributed by atoms with van der Waals surface area (Å²) in [6.07, 6.45) is 0.497. The lowest BCUT2D eigenvalue weighted by atomic mass is 10.1. The van der Waals surface area contributed by atoms with Crippen molar-refractivity contribution in [3.8, 4) is 5.75 Å². The number of rotatable bonds is 3. The molecule has 1 aromatic heterocycles. The molecule has 4 nitrogen and oxygen atoms in total. The molecule has 1 aromatic carbocycles. The summed E-state index contributed by atoms with van der Waals surface area (Å²) in [4.78, 5) is 0. The van der Waals surface area contributed by atoms with Gasteiger partial charge in [0.15, 0.2) is 11.6 Å². The van der Waals surface area contributed by atoms with E-state index in [1.807, 2.05) is 0 Å². The second-order valence-electron chi connectivity index (χ2n) is 3.13. The average Bonchev–Trinajstić information content (AvgIpc) is 2.81. The molecule has 1 N–H and O–H groups in total. The van der Waals surface area contributed by atoms with Gasteiger partial charge in [0.25, 0.3) is 0 Å². The highest BCUT2D eigenvalue weighted by molar-refractivity contribution is 6.99. The number of methoxy groups -OCH3 is 1. The van der Waals surface area contributed by atoms with Crippen molar-refractivity contribution in [2.45, 2.75) is 6.10 Å². The van der Waals surface area contributed by atoms with E-state index < -0.39 is 11.9 Å². The summed E-state index contributed by atoms with van der Waals surface area (Å²) >= 11 is 0.996. The van der Waals surface area contributed by atoms with Crippen molar-refractivity contribution in [1.82, 2.24) is 8.75 Å². The molecule has 0 amide bonds. The number of nitrogens with zero attached hydrogens (tertiary/aromatic N) is 2. The number of hydrogen-bond donors (Lipinski definition) is 1. The van der Waals surface area contributed by atoms with Gasteiger partial charge in [0.05, 0.1) is 25.0 Å². The monoisotopic (exact) mass is 240 g/mol. The summed E-state index contributed by atoms with van der Waals surface area (Å²) in [6.45, 7) is 0. The van der Waals surface area contributed by atoms with Crippen LogP contribution in [0.1, 0.15) is 17.4 Å². The van der Waals surface area contributed by atoms with Gasteiger partial charge < -0.3 is 9.84 Å². The molecule has 0 aliphatic rings. The smallest absolute Gasteiger partial charge is 0.165 e. The first kappa shape index (κ1) is 11.0. The van der Waals surface area contributed by atoms with Gasteiger partial charge in [0, 0.05) is 0 Å². The van der Waals surface area contributed by atoms with Crippen LogP contribution in [0, 0.1) is 5.82 Å². The third-order valence-corrected chi connectivity index (χ3v) is 2.64. The summed E-state index contributed by atoms with van der Waals surface area (Å²) < 4.78 is 25.8. The molecule has 0 spiro atoms. The summed E-state index contributed by atoms with van der Waals surface area (Å²) in [5.74, 6) is -0.366. The lowest BCUT2D eigenvalue weighted by molar-refractivity contribution is 0.215. The van der Waals surface area contributed by atoms with Crippen molar-refractivity contribution in [3.63, 3.8) is 0 Å². The zero-order valence-electron chi connectivity index (χ0n) is 8.42. The van der Waals surface area contributed by atoms with Gasteiger partial charge in [-0.1, -0.05) is 6.07 Å². The van der Waals surface area contributed by atoms with Crippen molar-refractivity contribution >= 4 is 11.7 Å². The number of aliphatic hydroxyl groups is 1. The molecule has 16 heavy (non-hydrogen) atoms. The van der Waals surface area contributed by atoms with E-state index in [2.05, 4.69) is 8.75 Å². The fourth-order valence-electron chi connectivity index (χ4n) is 1.32. The van der Waals surface area contributed by atoms with E-state index in [1.165, 1.54) is 25.4 Å². The molecule has 6 heteroatoms. The van der Waals surface area contributed by atoms with Crippen LogP contribution in [0.15, 0.2) is 24.4 Å². The fourth-order valence-corrected chi connectivity index (χ4v) is 1.76. The van der Waals surface area contributed by atoms with Crippen LogP contribution in [-0.2, 0) is 0 Å². The Morgan fingerprint density at radius 1 is 1.50 bits per heavy atom. The molecule has 2 rings (SSSR count). The molecular formula is C10H9FN2O2S.